The first kappa shape index (κ1) is 10.5. The van der Waals surface area contributed by atoms with Crippen LogP contribution in [-0.2, 0) is 7.05 Å². The second kappa shape index (κ2) is 4.66. The lowest BCUT2D eigenvalue weighted by Gasteiger charge is -2.17. The van der Waals surface area contributed by atoms with Gasteiger partial charge >= 0.3 is 0 Å². The summed E-state index contributed by atoms with van der Waals surface area (Å²) >= 11 is 0. The number of rotatable bonds is 4. The fourth-order valence-corrected chi connectivity index (χ4v) is 2.19. The molecule has 0 radical (unpaired) electrons. The second-order valence-corrected chi connectivity index (χ2v) is 4.45. The fourth-order valence-electron chi connectivity index (χ4n) is 2.19. The summed E-state index contributed by atoms with van der Waals surface area (Å²) < 4.78 is 1.82. The van der Waals surface area contributed by atoms with Crippen molar-refractivity contribution in [1.82, 2.24) is 15.1 Å². The number of aromatic nitrogens is 2. The molecule has 0 amide bonds. The van der Waals surface area contributed by atoms with Crippen molar-refractivity contribution in [3.05, 3.63) is 12.3 Å². The Morgan fingerprint density at radius 2 is 2.60 bits per heavy atom. The largest absolute Gasteiger partial charge is 0.366 e. The van der Waals surface area contributed by atoms with Crippen molar-refractivity contribution in [3.63, 3.8) is 0 Å². The Labute approximate surface area is 91.1 Å². The van der Waals surface area contributed by atoms with Gasteiger partial charge < -0.3 is 10.6 Å². The third-order valence-electron chi connectivity index (χ3n) is 2.91. The zero-order chi connectivity index (χ0) is 10.7. The Bertz CT molecular complexity index is 301. The molecule has 0 spiro atoms. The SMILES string of the molecule is CC(CC1CCCN1)Nc1ccn(C)n1. The summed E-state index contributed by atoms with van der Waals surface area (Å²) in [6, 6.07) is 3.19. The van der Waals surface area contributed by atoms with Gasteiger partial charge in [-0.2, -0.15) is 5.10 Å². The minimum atomic E-state index is 0.482. The molecule has 4 nitrogen and oxygen atoms in total. The van der Waals surface area contributed by atoms with Crippen LogP contribution in [0.1, 0.15) is 26.2 Å². The lowest BCUT2D eigenvalue weighted by molar-refractivity contribution is 0.522. The first-order chi connectivity index (χ1) is 7.24. The molecule has 0 bridgehead atoms. The predicted molar refractivity (Wildman–Crippen MR) is 61.9 cm³/mol. The van der Waals surface area contributed by atoms with Crippen LogP contribution in [-0.4, -0.2) is 28.4 Å². The van der Waals surface area contributed by atoms with Gasteiger partial charge in [0.2, 0.25) is 0 Å². The molecule has 1 aromatic rings. The van der Waals surface area contributed by atoms with E-state index in [9.17, 15) is 0 Å². The van der Waals surface area contributed by atoms with Crippen LogP contribution in [0.2, 0.25) is 0 Å². The summed E-state index contributed by atoms with van der Waals surface area (Å²) in [5.41, 5.74) is 0. The summed E-state index contributed by atoms with van der Waals surface area (Å²) in [6.07, 6.45) is 5.77. The molecule has 2 unspecified atom stereocenters. The van der Waals surface area contributed by atoms with Crippen molar-refractivity contribution < 1.29 is 0 Å². The highest BCUT2D eigenvalue weighted by Crippen LogP contribution is 2.13. The van der Waals surface area contributed by atoms with Crippen molar-refractivity contribution >= 4 is 5.82 Å². The molecular weight excluding hydrogens is 188 g/mol. The van der Waals surface area contributed by atoms with Crippen molar-refractivity contribution in [2.75, 3.05) is 11.9 Å². The molecule has 2 N–H and O–H groups in total. The van der Waals surface area contributed by atoms with Crippen molar-refractivity contribution in [1.29, 1.82) is 0 Å². The number of anilines is 1. The van der Waals surface area contributed by atoms with E-state index in [1.54, 1.807) is 0 Å². The third-order valence-corrected chi connectivity index (χ3v) is 2.91. The average molecular weight is 208 g/mol. The highest BCUT2D eigenvalue weighted by atomic mass is 15.3. The van der Waals surface area contributed by atoms with Crippen LogP contribution in [0.25, 0.3) is 0 Å². The van der Waals surface area contributed by atoms with Crippen LogP contribution < -0.4 is 10.6 Å². The van der Waals surface area contributed by atoms with Gasteiger partial charge in [0.15, 0.2) is 0 Å². The lowest BCUT2D eigenvalue weighted by atomic mass is 10.1. The van der Waals surface area contributed by atoms with E-state index < -0.39 is 0 Å². The van der Waals surface area contributed by atoms with Crippen LogP contribution in [0.3, 0.4) is 0 Å². The second-order valence-electron chi connectivity index (χ2n) is 4.45. The molecule has 84 valence electrons. The minimum Gasteiger partial charge on any atom is -0.366 e. The van der Waals surface area contributed by atoms with E-state index >= 15 is 0 Å². The van der Waals surface area contributed by atoms with Crippen LogP contribution in [0.15, 0.2) is 12.3 Å². The Balaban J connectivity index is 1.78. The molecule has 15 heavy (non-hydrogen) atoms. The Morgan fingerprint density at radius 1 is 1.73 bits per heavy atom. The number of hydrogen-bond donors (Lipinski definition) is 2. The summed E-state index contributed by atoms with van der Waals surface area (Å²) in [7, 11) is 1.94. The zero-order valence-electron chi connectivity index (χ0n) is 9.53. The molecule has 0 aromatic carbocycles. The number of nitrogens with zero attached hydrogens (tertiary/aromatic N) is 2. The van der Waals surface area contributed by atoms with E-state index in [1.165, 1.54) is 25.8 Å². The molecule has 1 aliphatic rings. The van der Waals surface area contributed by atoms with Crippen molar-refractivity contribution in [3.8, 4) is 0 Å². The summed E-state index contributed by atoms with van der Waals surface area (Å²) in [4.78, 5) is 0. The molecule has 0 saturated carbocycles. The van der Waals surface area contributed by atoms with Gasteiger partial charge in [-0.05, 0) is 32.7 Å². The Hall–Kier alpha value is -1.03. The van der Waals surface area contributed by atoms with E-state index in [1.807, 2.05) is 24.0 Å². The molecule has 1 fully saturated rings. The molecular formula is C11H20N4. The normalized spacial score (nSPS) is 22.9. The molecule has 2 heterocycles. The Morgan fingerprint density at radius 3 is 3.20 bits per heavy atom. The number of nitrogens with one attached hydrogen (secondary N) is 2. The van der Waals surface area contributed by atoms with Crippen molar-refractivity contribution in [2.45, 2.75) is 38.3 Å². The van der Waals surface area contributed by atoms with E-state index in [2.05, 4.69) is 22.7 Å². The summed E-state index contributed by atoms with van der Waals surface area (Å²) in [5.74, 6) is 0.975. The van der Waals surface area contributed by atoms with Crippen LogP contribution in [0, 0.1) is 0 Å². The maximum Gasteiger partial charge on any atom is 0.148 e. The third kappa shape index (κ3) is 2.96. The van der Waals surface area contributed by atoms with Crippen LogP contribution in [0.4, 0.5) is 5.82 Å². The van der Waals surface area contributed by atoms with E-state index in [4.69, 9.17) is 0 Å². The smallest absolute Gasteiger partial charge is 0.148 e. The fraction of sp³-hybridized carbons (Fsp3) is 0.727. The van der Waals surface area contributed by atoms with Crippen LogP contribution in [0.5, 0.6) is 0 Å². The average Bonchev–Trinajstić information content (AvgIpc) is 2.77. The monoisotopic (exact) mass is 208 g/mol. The van der Waals surface area contributed by atoms with Crippen molar-refractivity contribution in [2.24, 2.45) is 7.05 Å². The molecule has 1 saturated heterocycles. The minimum absolute atomic E-state index is 0.482. The van der Waals surface area contributed by atoms with Crippen LogP contribution >= 0.6 is 0 Å². The highest BCUT2D eigenvalue weighted by Gasteiger charge is 2.17. The Kier molecular flexibility index (Phi) is 3.26. The number of aryl methyl sites for hydroxylation is 1. The standard InChI is InChI=1S/C11H20N4/c1-9(8-10-4-3-6-12-10)13-11-5-7-15(2)14-11/h5,7,9-10,12H,3-4,6,8H2,1-2H3,(H,13,14). The lowest BCUT2D eigenvalue weighted by Crippen LogP contribution is -2.29. The van der Waals surface area contributed by atoms with E-state index in [-0.39, 0.29) is 0 Å². The highest BCUT2D eigenvalue weighted by molar-refractivity contribution is 5.33. The van der Waals surface area contributed by atoms with E-state index in [0.29, 0.717) is 12.1 Å². The van der Waals surface area contributed by atoms with Gasteiger partial charge in [-0.25, -0.2) is 0 Å². The number of hydrogen-bond acceptors (Lipinski definition) is 3. The first-order valence-electron chi connectivity index (χ1n) is 5.73. The molecule has 2 rings (SSSR count). The van der Waals surface area contributed by atoms with Gasteiger partial charge in [0.25, 0.3) is 0 Å². The van der Waals surface area contributed by atoms with Gasteiger partial charge in [0.1, 0.15) is 5.82 Å². The molecule has 4 heteroatoms. The quantitative estimate of drug-likeness (QED) is 0.785. The summed E-state index contributed by atoms with van der Waals surface area (Å²) in [5, 5.41) is 11.2. The first-order valence-corrected chi connectivity index (χ1v) is 5.73. The van der Waals surface area contributed by atoms with E-state index in [0.717, 1.165) is 5.82 Å². The van der Waals surface area contributed by atoms with Gasteiger partial charge in [0, 0.05) is 31.4 Å². The van der Waals surface area contributed by atoms with Gasteiger partial charge in [-0.3, -0.25) is 4.68 Å². The molecule has 1 aliphatic heterocycles. The molecule has 1 aromatic heterocycles. The predicted octanol–water partition coefficient (Wildman–Crippen LogP) is 1.36. The zero-order valence-corrected chi connectivity index (χ0v) is 9.53. The summed E-state index contributed by atoms with van der Waals surface area (Å²) in [6.45, 7) is 3.40. The van der Waals surface area contributed by atoms with Gasteiger partial charge in [-0.15, -0.1) is 0 Å². The van der Waals surface area contributed by atoms with Gasteiger partial charge in [-0.1, -0.05) is 0 Å². The molecule has 0 aliphatic carbocycles. The maximum atomic E-state index is 4.31. The van der Waals surface area contributed by atoms with Gasteiger partial charge in [0.05, 0.1) is 0 Å². The topological polar surface area (TPSA) is 41.9 Å². The molecule has 2 atom stereocenters. The maximum absolute atomic E-state index is 4.31.